The van der Waals surface area contributed by atoms with Gasteiger partial charge in [-0.25, -0.2) is 0 Å². The van der Waals surface area contributed by atoms with E-state index in [-0.39, 0.29) is 6.42 Å². The molecule has 0 atom stereocenters. The molecule has 0 unspecified atom stereocenters. The summed E-state index contributed by atoms with van der Waals surface area (Å²) in [6, 6.07) is 17.3. The van der Waals surface area contributed by atoms with Crippen LogP contribution in [0.25, 0.3) is 16.9 Å². The molecule has 5 heteroatoms. The fourth-order valence-electron chi connectivity index (χ4n) is 2.86. The summed E-state index contributed by atoms with van der Waals surface area (Å²) in [6.07, 6.45) is 0.512. The number of carboxylic acids is 1. The lowest BCUT2D eigenvalue weighted by molar-refractivity contribution is -0.136. The van der Waals surface area contributed by atoms with Crippen LogP contribution in [-0.2, 0) is 11.2 Å². The van der Waals surface area contributed by atoms with E-state index in [4.69, 9.17) is 28.3 Å². The highest BCUT2D eigenvalue weighted by molar-refractivity contribution is 6.31. The van der Waals surface area contributed by atoms with Gasteiger partial charge in [0.2, 0.25) is 0 Å². The largest absolute Gasteiger partial charge is 0.481 e. The van der Waals surface area contributed by atoms with E-state index in [1.807, 2.05) is 61.5 Å². The molecule has 0 spiro atoms. The Hall–Kier alpha value is -2.23. The summed E-state index contributed by atoms with van der Waals surface area (Å²) in [6.45, 7) is 2.01. The van der Waals surface area contributed by atoms with Crippen molar-refractivity contribution in [3.05, 3.63) is 75.9 Å². The second-order valence-electron chi connectivity index (χ2n) is 5.88. The Bertz CT molecular complexity index is 914. The van der Waals surface area contributed by atoms with Crippen LogP contribution in [0.15, 0.2) is 54.6 Å². The van der Waals surface area contributed by atoms with E-state index in [1.165, 1.54) is 0 Å². The topological polar surface area (TPSA) is 42.2 Å². The SMILES string of the molecule is Cc1ccc(Cl)cc1-n1c(CCC(=O)O)ccc1-c1ccc(Cl)cc1. The molecule has 25 heavy (non-hydrogen) atoms. The molecule has 2 aromatic carbocycles. The Morgan fingerprint density at radius 1 is 1.00 bits per heavy atom. The fourth-order valence-corrected chi connectivity index (χ4v) is 3.16. The number of nitrogens with zero attached hydrogens (tertiary/aromatic N) is 1. The van der Waals surface area contributed by atoms with Gasteiger partial charge in [0.25, 0.3) is 0 Å². The van der Waals surface area contributed by atoms with Gasteiger partial charge in [0.1, 0.15) is 0 Å². The Kier molecular flexibility index (Phi) is 5.16. The van der Waals surface area contributed by atoms with Gasteiger partial charge < -0.3 is 9.67 Å². The molecule has 0 saturated carbocycles. The summed E-state index contributed by atoms with van der Waals surface area (Å²) in [5, 5.41) is 10.4. The summed E-state index contributed by atoms with van der Waals surface area (Å²) in [4.78, 5) is 11.0. The van der Waals surface area contributed by atoms with E-state index >= 15 is 0 Å². The van der Waals surface area contributed by atoms with E-state index in [1.54, 1.807) is 0 Å². The minimum Gasteiger partial charge on any atom is -0.481 e. The molecular formula is C20H17Cl2NO2. The molecule has 0 saturated heterocycles. The van der Waals surface area contributed by atoms with Crippen molar-refractivity contribution in [3.63, 3.8) is 0 Å². The van der Waals surface area contributed by atoms with Crippen molar-refractivity contribution in [1.29, 1.82) is 0 Å². The molecule has 128 valence electrons. The van der Waals surface area contributed by atoms with Crippen LogP contribution >= 0.6 is 23.2 Å². The van der Waals surface area contributed by atoms with Crippen LogP contribution in [0.1, 0.15) is 17.7 Å². The van der Waals surface area contributed by atoms with Crippen LogP contribution in [0.2, 0.25) is 10.0 Å². The summed E-state index contributed by atoms with van der Waals surface area (Å²) in [5.41, 5.74) is 4.92. The van der Waals surface area contributed by atoms with Crippen LogP contribution in [0, 0.1) is 6.92 Å². The number of aromatic nitrogens is 1. The number of aliphatic carboxylic acids is 1. The third-order valence-electron chi connectivity index (χ3n) is 4.11. The highest BCUT2D eigenvalue weighted by Crippen LogP contribution is 2.31. The molecule has 1 heterocycles. The van der Waals surface area contributed by atoms with Gasteiger partial charge >= 0.3 is 5.97 Å². The molecule has 0 bridgehead atoms. The molecule has 0 radical (unpaired) electrons. The first-order valence-electron chi connectivity index (χ1n) is 7.90. The molecule has 3 nitrogen and oxygen atoms in total. The highest BCUT2D eigenvalue weighted by Gasteiger charge is 2.15. The van der Waals surface area contributed by atoms with Gasteiger partial charge in [-0.05, 0) is 60.9 Å². The van der Waals surface area contributed by atoms with Crippen molar-refractivity contribution < 1.29 is 9.90 Å². The van der Waals surface area contributed by atoms with Gasteiger partial charge in [-0.1, -0.05) is 41.4 Å². The van der Waals surface area contributed by atoms with E-state index in [9.17, 15) is 4.79 Å². The Labute approximate surface area is 156 Å². The summed E-state index contributed by atoms with van der Waals surface area (Å²) >= 11 is 12.2. The number of carboxylic acid groups (broad SMARTS) is 1. The third-order valence-corrected chi connectivity index (χ3v) is 4.60. The minimum atomic E-state index is -0.816. The van der Waals surface area contributed by atoms with Gasteiger partial charge in [-0.2, -0.15) is 0 Å². The highest BCUT2D eigenvalue weighted by atomic mass is 35.5. The molecule has 0 aliphatic carbocycles. The normalized spacial score (nSPS) is 10.8. The lowest BCUT2D eigenvalue weighted by Crippen LogP contribution is -2.06. The maximum Gasteiger partial charge on any atom is 0.303 e. The van der Waals surface area contributed by atoms with Gasteiger partial charge in [-0.15, -0.1) is 0 Å². The smallest absolute Gasteiger partial charge is 0.303 e. The molecule has 3 aromatic rings. The van der Waals surface area contributed by atoms with Crippen molar-refractivity contribution in [3.8, 4) is 16.9 Å². The minimum absolute atomic E-state index is 0.0731. The maximum atomic E-state index is 11.0. The Morgan fingerprint density at radius 2 is 1.68 bits per heavy atom. The standard InChI is InChI=1S/C20H17Cl2NO2/c1-13-2-5-16(22)12-19(13)23-17(9-11-20(24)25)8-10-18(23)14-3-6-15(21)7-4-14/h2-8,10,12H,9,11H2,1H3,(H,24,25). The molecule has 3 rings (SSSR count). The zero-order valence-corrected chi connectivity index (χ0v) is 15.2. The zero-order valence-electron chi connectivity index (χ0n) is 13.7. The van der Waals surface area contributed by atoms with Crippen molar-refractivity contribution in [1.82, 2.24) is 4.57 Å². The average molecular weight is 374 g/mol. The van der Waals surface area contributed by atoms with Crippen molar-refractivity contribution >= 4 is 29.2 Å². The number of carbonyl (C=O) groups is 1. The first-order chi connectivity index (χ1) is 12.0. The van der Waals surface area contributed by atoms with E-state index in [0.717, 1.165) is 28.2 Å². The fraction of sp³-hybridized carbons (Fsp3) is 0.150. The van der Waals surface area contributed by atoms with Gasteiger partial charge in [0.15, 0.2) is 0 Å². The predicted octanol–water partition coefficient (Wildman–Crippen LogP) is 5.78. The molecule has 1 aromatic heterocycles. The third kappa shape index (κ3) is 3.89. The molecule has 0 amide bonds. The quantitative estimate of drug-likeness (QED) is 0.615. The first kappa shape index (κ1) is 17.6. The molecule has 0 aliphatic heterocycles. The van der Waals surface area contributed by atoms with Gasteiger partial charge in [0.05, 0.1) is 17.8 Å². The van der Waals surface area contributed by atoms with E-state index in [0.29, 0.717) is 16.5 Å². The summed E-state index contributed by atoms with van der Waals surface area (Å²) in [5.74, 6) is -0.816. The number of aryl methyl sites for hydroxylation is 2. The lowest BCUT2D eigenvalue weighted by Gasteiger charge is -2.16. The van der Waals surface area contributed by atoms with Gasteiger partial charge in [0, 0.05) is 15.7 Å². The van der Waals surface area contributed by atoms with Crippen molar-refractivity contribution in [2.75, 3.05) is 0 Å². The number of halogens is 2. The van der Waals surface area contributed by atoms with Crippen molar-refractivity contribution in [2.45, 2.75) is 19.8 Å². The molecule has 0 aliphatic rings. The number of rotatable bonds is 5. The number of hydrogen-bond donors (Lipinski definition) is 1. The average Bonchev–Trinajstić information content (AvgIpc) is 2.99. The Morgan fingerprint density at radius 3 is 2.36 bits per heavy atom. The molecular weight excluding hydrogens is 357 g/mol. The summed E-state index contributed by atoms with van der Waals surface area (Å²) in [7, 11) is 0. The van der Waals surface area contributed by atoms with Crippen LogP contribution in [0.5, 0.6) is 0 Å². The summed E-state index contributed by atoms with van der Waals surface area (Å²) < 4.78 is 2.08. The second kappa shape index (κ2) is 7.34. The zero-order chi connectivity index (χ0) is 18.0. The second-order valence-corrected chi connectivity index (χ2v) is 6.75. The van der Waals surface area contributed by atoms with Crippen LogP contribution < -0.4 is 0 Å². The maximum absolute atomic E-state index is 11.0. The van der Waals surface area contributed by atoms with Crippen LogP contribution in [0.3, 0.4) is 0 Å². The monoisotopic (exact) mass is 373 g/mol. The molecule has 0 fully saturated rings. The molecule has 1 N–H and O–H groups in total. The van der Waals surface area contributed by atoms with E-state index in [2.05, 4.69) is 4.57 Å². The van der Waals surface area contributed by atoms with Gasteiger partial charge in [-0.3, -0.25) is 4.79 Å². The van der Waals surface area contributed by atoms with Crippen molar-refractivity contribution in [2.24, 2.45) is 0 Å². The van der Waals surface area contributed by atoms with Crippen LogP contribution in [-0.4, -0.2) is 15.6 Å². The predicted molar refractivity (Wildman–Crippen MR) is 102 cm³/mol. The van der Waals surface area contributed by atoms with E-state index < -0.39 is 5.97 Å². The van der Waals surface area contributed by atoms with Crippen LogP contribution in [0.4, 0.5) is 0 Å². The first-order valence-corrected chi connectivity index (χ1v) is 8.66. The lowest BCUT2D eigenvalue weighted by atomic mass is 10.1. The number of hydrogen-bond acceptors (Lipinski definition) is 1. The Balaban J connectivity index is 2.17. The number of benzene rings is 2.